The first kappa shape index (κ1) is 22.3. The number of aryl methyl sites for hydroxylation is 1. The molecule has 170 valence electrons. The summed E-state index contributed by atoms with van der Waals surface area (Å²) in [5.74, 6) is -1.73. The number of nitrogens with one attached hydrogen (secondary N) is 1. The minimum atomic E-state index is -4.11. The normalized spacial score (nSPS) is 16.0. The Balaban J connectivity index is 1.96. The Hall–Kier alpha value is -2.85. The summed E-state index contributed by atoms with van der Waals surface area (Å²) in [6.45, 7) is 2.68. The van der Waals surface area contributed by atoms with E-state index in [1.807, 2.05) is 9.29 Å². The van der Waals surface area contributed by atoms with Gasteiger partial charge in [0.2, 0.25) is 10.0 Å². The molecule has 1 fully saturated rings. The molecular formula is C22H23F2N3O4S. The van der Waals surface area contributed by atoms with Gasteiger partial charge in [0.05, 0.1) is 22.5 Å². The third-order valence-corrected chi connectivity index (χ3v) is 7.29. The maximum atomic E-state index is 14.4. The molecule has 10 heteroatoms. The molecule has 0 bridgehead atoms. The minimum absolute atomic E-state index is 0.0183. The molecule has 2 N–H and O–H groups in total. The quantitative estimate of drug-likeness (QED) is 0.522. The van der Waals surface area contributed by atoms with Crippen LogP contribution in [0.3, 0.4) is 0 Å². The van der Waals surface area contributed by atoms with E-state index in [2.05, 4.69) is 4.98 Å². The van der Waals surface area contributed by atoms with E-state index in [-0.39, 0.29) is 27.6 Å². The largest absolute Gasteiger partial charge is 0.478 e. The molecule has 0 amide bonds. The SMILES string of the molecule is Cc1cc2c(cc1F)c(C(=O)O)c(-c1ccc(S(=O)(=O)N[C@@H](C)F)cn1)n2C1CCCC1. The first-order valence-corrected chi connectivity index (χ1v) is 11.8. The number of sulfonamides is 1. The average Bonchev–Trinajstić information content (AvgIpc) is 3.33. The van der Waals surface area contributed by atoms with E-state index in [4.69, 9.17) is 0 Å². The van der Waals surface area contributed by atoms with Gasteiger partial charge in [0, 0.05) is 17.6 Å². The number of pyridine rings is 1. The number of rotatable bonds is 6. The summed E-state index contributed by atoms with van der Waals surface area (Å²) < 4.78 is 55.7. The van der Waals surface area contributed by atoms with Crippen LogP contribution in [-0.4, -0.2) is 35.3 Å². The number of benzene rings is 1. The summed E-state index contributed by atoms with van der Waals surface area (Å²) in [6.07, 6.45) is 2.96. The Bertz CT molecular complexity index is 1300. The van der Waals surface area contributed by atoms with E-state index in [0.717, 1.165) is 38.8 Å². The van der Waals surface area contributed by atoms with Crippen molar-refractivity contribution < 1.29 is 27.1 Å². The number of carbonyl (C=O) groups is 1. The average molecular weight is 464 g/mol. The molecule has 0 unspecified atom stereocenters. The first-order valence-electron chi connectivity index (χ1n) is 10.3. The van der Waals surface area contributed by atoms with Gasteiger partial charge in [-0.2, -0.15) is 4.72 Å². The second-order valence-corrected chi connectivity index (χ2v) is 9.79. The molecule has 1 aromatic carbocycles. The number of hydrogen-bond acceptors (Lipinski definition) is 4. The van der Waals surface area contributed by atoms with Crippen LogP contribution in [-0.2, 0) is 10.0 Å². The van der Waals surface area contributed by atoms with Crippen molar-refractivity contribution in [1.29, 1.82) is 0 Å². The van der Waals surface area contributed by atoms with Gasteiger partial charge in [-0.1, -0.05) is 12.8 Å². The molecule has 1 saturated carbocycles. The van der Waals surface area contributed by atoms with Gasteiger partial charge in [-0.15, -0.1) is 0 Å². The highest BCUT2D eigenvalue weighted by molar-refractivity contribution is 7.89. The molecule has 1 aliphatic carbocycles. The van der Waals surface area contributed by atoms with E-state index in [9.17, 15) is 27.1 Å². The molecule has 1 aliphatic rings. The number of alkyl halides is 1. The van der Waals surface area contributed by atoms with Crippen molar-refractivity contribution in [2.75, 3.05) is 0 Å². The summed E-state index contributed by atoms with van der Waals surface area (Å²) in [5.41, 5.74) is 1.48. The van der Waals surface area contributed by atoms with Gasteiger partial charge in [0.25, 0.3) is 0 Å². The van der Waals surface area contributed by atoms with Crippen molar-refractivity contribution >= 4 is 26.9 Å². The molecule has 32 heavy (non-hydrogen) atoms. The third-order valence-electron chi connectivity index (χ3n) is 5.79. The van der Waals surface area contributed by atoms with E-state index in [0.29, 0.717) is 16.8 Å². The summed E-state index contributed by atoms with van der Waals surface area (Å²) in [5, 5.41) is 10.3. The summed E-state index contributed by atoms with van der Waals surface area (Å²) in [6, 6.07) is 5.54. The van der Waals surface area contributed by atoms with Crippen molar-refractivity contribution in [3.05, 3.63) is 47.4 Å². The molecule has 0 radical (unpaired) electrons. The number of halogens is 2. The standard InChI is InChI=1S/C22H23F2N3O4S/c1-12-9-19-16(10-17(12)24)20(22(28)29)21(27(19)14-5-3-4-6-14)18-8-7-15(11-25-18)32(30,31)26-13(2)23/h7-11,13-14,26H,3-6H2,1-2H3,(H,28,29)/t13-/m0/s1. The Morgan fingerprint density at radius 3 is 2.53 bits per heavy atom. The van der Waals surface area contributed by atoms with Crippen molar-refractivity contribution in [1.82, 2.24) is 14.3 Å². The number of carboxylic acids is 1. The molecule has 2 heterocycles. The van der Waals surface area contributed by atoms with Crippen molar-refractivity contribution in [2.45, 2.75) is 56.8 Å². The molecule has 0 saturated heterocycles. The lowest BCUT2D eigenvalue weighted by Gasteiger charge is -2.18. The van der Waals surface area contributed by atoms with Crippen LogP contribution in [0.2, 0.25) is 0 Å². The molecule has 0 spiro atoms. The molecule has 7 nitrogen and oxygen atoms in total. The highest BCUT2D eigenvalue weighted by Crippen LogP contribution is 2.41. The van der Waals surface area contributed by atoms with Crippen LogP contribution < -0.4 is 4.72 Å². The van der Waals surface area contributed by atoms with Gasteiger partial charge in [0.15, 0.2) is 6.30 Å². The van der Waals surface area contributed by atoms with Crippen molar-refractivity contribution in [3.8, 4) is 11.4 Å². The monoisotopic (exact) mass is 463 g/mol. The van der Waals surface area contributed by atoms with Gasteiger partial charge in [-0.25, -0.2) is 22.0 Å². The predicted octanol–water partition coefficient (Wildman–Crippen LogP) is 4.56. The highest BCUT2D eigenvalue weighted by atomic mass is 32.2. The fraction of sp³-hybridized carbons (Fsp3) is 0.364. The zero-order valence-corrected chi connectivity index (χ0v) is 18.4. The Morgan fingerprint density at radius 2 is 1.97 bits per heavy atom. The predicted molar refractivity (Wildman–Crippen MR) is 115 cm³/mol. The van der Waals surface area contributed by atoms with E-state index in [1.165, 1.54) is 18.2 Å². The van der Waals surface area contributed by atoms with E-state index >= 15 is 0 Å². The molecule has 3 aromatic rings. The number of carboxylic acid groups (broad SMARTS) is 1. The molecular weight excluding hydrogens is 440 g/mol. The van der Waals surface area contributed by atoms with Gasteiger partial charge in [0.1, 0.15) is 10.7 Å². The van der Waals surface area contributed by atoms with Crippen LogP contribution in [0.4, 0.5) is 8.78 Å². The maximum absolute atomic E-state index is 14.4. The molecule has 0 aliphatic heterocycles. The summed E-state index contributed by atoms with van der Waals surface area (Å²) in [7, 11) is -4.11. The molecule has 2 aromatic heterocycles. The van der Waals surface area contributed by atoms with Crippen LogP contribution in [0.5, 0.6) is 0 Å². The number of aromatic carboxylic acids is 1. The second-order valence-electron chi connectivity index (χ2n) is 8.07. The van der Waals surface area contributed by atoms with Crippen molar-refractivity contribution in [2.24, 2.45) is 0 Å². The fourth-order valence-corrected chi connectivity index (χ4v) is 5.41. The lowest BCUT2D eigenvalue weighted by atomic mass is 10.1. The van der Waals surface area contributed by atoms with Gasteiger partial charge < -0.3 is 9.67 Å². The van der Waals surface area contributed by atoms with Crippen LogP contribution in [0.15, 0.2) is 35.4 Å². The van der Waals surface area contributed by atoms with Gasteiger partial charge in [-0.05, 0) is 56.5 Å². The molecule has 1 atom stereocenters. The molecule has 4 rings (SSSR count). The number of aromatic nitrogens is 2. The fourth-order valence-electron chi connectivity index (χ4n) is 4.41. The van der Waals surface area contributed by atoms with E-state index in [1.54, 1.807) is 13.0 Å². The summed E-state index contributed by atoms with van der Waals surface area (Å²) in [4.78, 5) is 16.2. The Kier molecular flexibility index (Phi) is 5.76. The van der Waals surface area contributed by atoms with Gasteiger partial charge >= 0.3 is 5.97 Å². The lowest BCUT2D eigenvalue weighted by molar-refractivity contribution is 0.0699. The first-order chi connectivity index (χ1) is 15.1. The zero-order valence-electron chi connectivity index (χ0n) is 17.6. The number of fused-ring (bicyclic) bond motifs is 1. The summed E-state index contributed by atoms with van der Waals surface area (Å²) >= 11 is 0. The van der Waals surface area contributed by atoms with Crippen LogP contribution in [0, 0.1) is 12.7 Å². The topological polar surface area (TPSA) is 101 Å². The smallest absolute Gasteiger partial charge is 0.338 e. The van der Waals surface area contributed by atoms with Crippen LogP contribution in [0.1, 0.15) is 54.6 Å². The Morgan fingerprint density at radius 1 is 1.28 bits per heavy atom. The second kappa shape index (κ2) is 8.25. The highest BCUT2D eigenvalue weighted by Gasteiger charge is 2.30. The lowest BCUT2D eigenvalue weighted by Crippen LogP contribution is -2.29. The van der Waals surface area contributed by atoms with Crippen LogP contribution >= 0.6 is 0 Å². The minimum Gasteiger partial charge on any atom is -0.478 e. The number of hydrogen-bond donors (Lipinski definition) is 2. The maximum Gasteiger partial charge on any atom is 0.338 e. The van der Waals surface area contributed by atoms with E-state index < -0.39 is 28.1 Å². The zero-order chi connectivity index (χ0) is 23.2. The Labute approximate surface area is 184 Å². The van der Waals surface area contributed by atoms with Crippen molar-refractivity contribution in [3.63, 3.8) is 0 Å². The van der Waals surface area contributed by atoms with Crippen LogP contribution in [0.25, 0.3) is 22.3 Å². The third kappa shape index (κ3) is 3.88. The van der Waals surface area contributed by atoms with Gasteiger partial charge in [-0.3, -0.25) is 4.98 Å². The number of nitrogens with zero attached hydrogens (tertiary/aromatic N) is 2.